The molecule has 0 amide bonds. The molecule has 0 aromatic heterocycles. The Kier molecular flexibility index (Phi) is 3.60. The largest absolute Gasteiger partial charge is 0.454 e. The van der Waals surface area contributed by atoms with Crippen LogP contribution in [0.15, 0.2) is 46.9 Å². The van der Waals surface area contributed by atoms with Crippen molar-refractivity contribution < 1.29 is 18.9 Å². The van der Waals surface area contributed by atoms with E-state index in [1.54, 1.807) is 0 Å². The molecule has 0 fully saturated rings. The van der Waals surface area contributed by atoms with Crippen LogP contribution in [0.4, 0.5) is 5.69 Å². The van der Waals surface area contributed by atoms with Crippen molar-refractivity contribution in [1.82, 2.24) is 0 Å². The predicted molar refractivity (Wildman–Crippen MR) is 102 cm³/mol. The van der Waals surface area contributed by atoms with Crippen LogP contribution in [0.1, 0.15) is 5.56 Å². The van der Waals surface area contributed by atoms with E-state index >= 15 is 0 Å². The highest BCUT2D eigenvalue weighted by Gasteiger charge is 2.22. The monoisotopic (exact) mass is 413 g/mol. The number of benzene rings is 3. The second kappa shape index (κ2) is 5.99. The fourth-order valence-corrected chi connectivity index (χ4v) is 3.90. The molecule has 2 heterocycles. The van der Waals surface area contributed by atoms with Crippen molar-refractivity contribution in [2.45, 2.75) is 6.54 Å². The molecular weight excluding hydrogens is 398 g/mol. The second-order valence-electron chi connectivity index (χ2n) is 6.32. The Bertz CT molecular complexity index is 1020. The Morgan fingerprint density at radius 1 is 0.923 bits per heavy atom. The summed E-state index contributed by atoms with van der Waals surface area (Å²) in [6, 6.07) is 14.3. The van der Waals surface area contributed by atoms with E-state index in [2.05, 4.69) is 46.1 Å². The third kappa shape index (κ3) is 2.44. The minimum absolute atomic E-state index is 0.264. The number of hydrogen-bond acceptors (Lipinski definition) is 5. The lowest BCUT2D eigenvalue weighted by Gasteiger charge is -2.23. The van der Waals surface area contributed by atoms with Gasteiger partial charge in [0.2, 0.25) is 13.6 Å². The van der Waals surface area contributed by atoms with Gasteiger partial charge in [0.15, 0.2) is 23.0 Å². The van der Waals surface area contributed by atoms with Crippen molar-refractivity contribution in [3.8, 4) is 23.0 Å². The van der Waals surface area contributed by atoms with Crippen molar-refractivity contribution in [2.24, 2.45) is 0 Å². The molecule has 5 nitrogen and oxygen atoms in total. The molecular formula is C20H16BrNO4. The smallest absolute Gasteiger partial charge is 0.231 e. The average molecular weight is 414 g/mol. The molecule has 132 valence electrons. The van der Waals surface area contributed by atoms with Crippen LogP contribution in [0.2, 0.25) is 0 Å². The summed E-state index contributed by atoms with van der Waals surface area (Å²) < 4.78 is 23.2. The van der Waals surface area contributed by atoms with Crippen molar-refractivity contribution in [3.05, 3.63) is 52.5 Å². The number of nitrogens with zero attached hydrogens (tertiary/aromatic N) is 1. The lowest BCUT2D eigenvalue weighted by atomic mass is 10.1. The molecule has 0 saturated heterocycles. The van der Waals surface area contributed by atoms with E-state index in [4.69, 9.17) is 18.9 Å². The van der Waals surface area contributed by atoms with Crippen LogP contribution >= 0.6 is 15.9 Å². The van der Waals surface area contributed by atoms with Gasteiger partial charge in [0.1, 0.15) is 0 Å². The maximum atomic E-state index is 5.68. The van der Waals surface area contributed by atoms with Gasteiger partial charge in [0.05, 0.1) is 0 Å². The van der Waals surface area contributed by atoms with E-state index in [9.17, 15) is 0 Å². The summed E-state index contributed by atoms with van der Waals surface area (Å²) in [7, 11) is 2.07. The lowest BCUT2D eigenvalue weighted by molar-refractivity contribution is 0.173. The number of hydrogen-bond donors (Lipinski definition) is 0. The van der Waals surface area contributed by atoms with E-state index in [1.165, 1.54) is 0 Å². The molecule has 6 heteroatoms. The fraction of sp³-hybridized carbons (Fsp3) is 0.200. The molecule has 0 spiro atoms. The van der Waals surface area contributed by atoms with Gasteiger partial charge in [0.25, 0.3) is 0 Å². The van der Waals surface area contributed by atoms with Gasteiger partial charge < -0.3 is 23.8 Å². The Balaban J connectivity index is 1.56. The molecule has 0 aliphatic carbocycles. The van der Waals surface area contributed by atoms with Gasteiger partial charge in [-0.1, -0.05) is 28.1 Å². The molecule has 0 saturated carbocycles. The van der Waals surface area contributed by atoms with Gasteiger partial charge >= 0.3 is 0 Å². The van der Waals surface area contributed by atoms with Crippen LogP contribution in [0, 0.1) is 0 Å². The molecule has 5 rings (SSSR count). The number of rotatable bonds is 3. The molecule has 0 unspecified atom stereocenters. The summed E-state index contributed by atoms with van der Waals surface area (Å²) >= 11 is 3.64. The molecule has 26 heavy (non-hydrogen) atoms. The Hall–Kier alpha value is -2.60. The van der Waals surface area contributed by atoms with E-state index < -0.39 is 0 Å². The second-order valence-corrected chi connectivity index (χ2v) is 7.17. The molecule has 0 bridgehead atoms. The summed E-state index contributed by atoms with van der Waals surface area (Å²) in [5, 5.41) is 2.25. The maximum absolute atomic E-state index is 5.68. The van der Waals surface area contributed by atoms with Crippen molar-refractivity contribution in [1.29, 1.82) is 0 Å². The summed E-state index contributed by atoms with van der Waals surface area (Å²) in [5.41, 5.74) is 2.18. The summed E-state index contributed by atoms with van der Waals surface area (Å²) in [6.07, 6.45) is 0. The van der Waals surface area contributed by atoms with Crippen LogP contribution in [-0.4, -0.2) is 20.6 Å². The van der Waals surface area contributed by atoms with Crippen LogP contribution in [0.3, 0.4) is 0 Å². The first-order chi connectivity index (χ1) is 12.7. The fourth-order valence-electron chi connectivity index (χ4n) is 3.46. The van der Waals surface area contributed by atoms with E-state index in [-0.39, 0.29) is 13.6 Å². The maximum Gasteiger partial charge on any atom is 0.231 e. The standard InChI is InChI=1S/C20H16BrNO4/c1-22(9-14-15(21)5-6-17-20(14)26-11-23-17)16-4-2-3-12-7-18-19(8-13(12)16)25-10-24-18/h2-8H,9-11H2,1H3. The quantitative estimate of drug-likeness (QED) is 0.622. The molecule has 2 aliphatic heterocycles. The first-order valence-corrected chi connectivity index (χ1v) is 9.10. The Morgan fingerprint density at radius 2 is 1.69 bits per heavy atom. The Morgan fingerprint density at radius 3 is 2.58 bits per heavy atom. The van der Waals surface area contributed by atoms with Crippen LogP contribution < -0.4 is 23.8 Å². The van der Waals surface area contributed by atoms with Crippen LogP contribution in [0.5, 0.6) is 23.0 Å². The Labute approximate surface area is 159 Å². The number of anilines is 1. The van der Waals surface area contributed by atoms with Crippen LogP contribution in [-0.2, 0) is 6.54 Å². The highest BCUT2D eigenvalue weighted by molar-refractivity contribution is 9.10. The zero-order valence-electron chi connectivity index (χ0n) is 14.1. The molecule has 0 radical (unpaired) electrons. The number of halogens is 1. The van der Waals surface area contributed by atoms with Gasteiger partial charge in [-0.05, 0) is 35.7 Å². The van der Waals surface area contributed by atoms with Gasteiger partial charge in [-0.3, -0.25) is 0 Å². The molecule has 0 N–H and O–H groups in total. The number of fused-ring (bicyclic) bond motifs is 3. The average Bonchev–Trinajstić information content (AvgIpc) is 3.30. The molecule has 3 aromatic carbocycles. The molecule has 2 aliphatic rings. The zero-order valence-corrected chi connectivity index (χ0v) is 15.7. The number of ether oxygens (including phenoxy) is 4. The first-order valence-electron chi connectivity index (χ1n) is 8.31. The zero-order chi connectivity index (χ0) is 17.7. The minimum atomic E-state index is 0.264. The topological polar surface area (TPSA) is 40.2 Å². The minimum Gasteiger partial charge on any atom is -0.454 e. The summed E-state index contributed by atoms with van der Waals surface area (Å²) in [4.78, 5) is 2.20. The van der Waals surface area contributed by atoms with Crippen molar-refractivity contribution >= 4 is 32.4 Å². The molecule has 3 aromatic rings. The van der Waals surface area contributed by atoms with Crippen molar-refractivity contribution in [3.63, 3.8) is 0 Å². The van der Waals surface area contributed by atoms with Gasteiger partial charge in [-0.25, -0.2) is 0 Å². The summed E-state index contributed by atoms with van der Waals surface area (Å²) in [5.74, 6) is 3.19. The van der Waals surface area contributed by atoms with Gasteiger partial charge in [0, 0.05) is 34.7 Å². The molecule has 0 atom stereocenters. The predicted octanol–water partition coefficient (Wildman–Crippen LogP) is 4.70. The lowest BCUT2D eigenvalue weighted by Crippen LogP contribution is -2.17. The SMILES string of the molecule is CN(Cc1c(Br)ccc2c1OCO2)c1cccc2cc3c(cc12)OCO3. The van der Waals surface area contributed by atoms with Gasteiger partial charge in [-0.2, -0.15) is 0 Å². The normalized spacial score (nSPS) is 14.1. The highest BCUT2D eigenvalue weighted by Crippen LogP contribution is 2.42. The first kappa shape index (κ1) is 15.6. The van der Waals surface area contributed by atoms with Gasteiger partial charge in [-0.15, -0.1) is 0 Å². The van der Waals surface area contributed by atoms with E-state index in [0.29, 0.717) is 6.54 Å². The van der Waals surface area contributed by atoms with Crippen molar-refractivity contribution in [2.75, 3.05) is 25.5 Å². The summed E-state index contributed by atoms with van der Waals surface area (Å²) in [6.45, 7) is 1.22. The van der Waals surface area contributed by atoms with E-state index in [0.717, 1.165) is 49.5 Å². The third-order valence-corrected chi connectivity index (χ3v) is 5.48. The highest BCUT2D eigenvalue weighted by atomic mass is 79.9. The third-order valence-electron chi connectivity index (χ3n) is 4.74. The van der Waals surface area contributed by atoms with Crippen LogP contribution in [0.25, 0.3) is 10.8 Å². The van der Waals surface area contributed by atoms with E-state index in [1.807, 2.05) is 24.3 Å².